The number of carbonyl (C=O) groups is 3. The Kier molecular flexibility index (Phi) is 6.76. The number of nitrogens with zero attached hydrogens (tertiary/aromatic N) is 2. The maximum absolute atomic E-state index is 12.5. The van der Waals surface area contributed by atoms with Crippen molar-refractivity contribution in [2.45, 2.75) is 26.2 Å². The highest BCUT2D eigenvalue weighted by Crippen LogP contribution is 2.21. The van der Waals surface area contributed by atoms with Crippen molar-refractivity contribution in [2.24, 2.45) is 5.92 Å². The minimum Gasteiger partial charge on any atom is -0.466 e. The number of aromatic nitrogens is 1. The molecule has 8 heteroatoms. The fourth-order valence-electron chi connectivity index (χ4n) is 3.10. The molecule has 2 amide bonds. The number of anilines is 1. The Morgan fingerprint density at radius 1 is 1.21 bits per heavy atom. The normalized spacial score (nSPS) is 14.5. The number of amides is 2. The van der Waals surface area contributed by atoms with Gasteiger partial charge in [0.2, 0.25) is 5.91 Å². The highest BCUT2D eigenvalue weighted by Gasteiger charge is 2.28. The van der Waals surface area contributed by atoms with Crippen molar-refractivity contribution in [3.05, 3.63) is 47.0 Å². The smallest absolute Gasteiger partial charge is 0.309 e. The van der Waals surface area contributed by atoms with Gasteiger partial charge >= 0.3 is 5.97 Å². The van der Waals surface area contributed by atoms with Crippen LogP contribution < -0.4 is 5.32 Å². The van der Waals surface area contributed by atoms with Crippen LogP contribution in [0.5, 0.6) is 0 Å². The number of esters is 1. The number of rotatable bonds is 6. The minimum atomic E-state index is -0.228. The van der Waals surface area contributed by atoms with Crippen LogP contribution in [0.2, 0.25) is 0 Å². The van der Waals surface area contributed by atoms with Gasteiger partial charge in [-0.05, 0) is 31.9 Å². The van der Waals surface area contributed by atoms with E-state index in [-0.39, 0.29) is 30.1 Å². The van der Waals surface area contributed by atoms with E-state index < -0.39 is 0 Å². The second-order valence-corrected chi connectivity index (χ2v) is 7.41. The third-order valence-corrected chi connectivity index (χ3v) is 5.41. The summed E-state index contributed by atoms with van der Waals surface area (Å²) in [5, 5.41) is 5.01. The first-order chi connectivity index (χ1) is 13.6. The summed E-state index contributed by atoms with van der Waals surface area (Å²) in [5.41, 5.74) is 1.19. The molecule has 2 aromatic rings. The summed E-state index contributed by atoms with van der Waals surface area (Å²) in [5.74, 6) is -0.543. The predicted molar refractivity (Wildman–Crippen MR) is 106 cm³/mol. The summed E-state index contributed by atoms with van der Waals surface area (Å²) in [6.45, 7) is 3.26. The SMILES string of the molecule is CCOC(=O)C1CCN(C(=O)Cc2csc(NC(=O)c3ccccc3)n2)CC1. The molecule has 0 aliphatic carbocycles. The third kappa shape index (κ3) is 5.16. The number of ether oxygens (including phenoxy) is 1. The molecule has 0 unspecified atom stereocenters. The maximum Gasteiger partial charge on any atom is 0.309 e. The van der Waals surface area contributed by atoms with E-state index in [1.54, 1.807) is 41.5 Å². The van der Waals surface area contributed by atoms with Crippen molar-refractivity contribution in [1.82, 2.24) is 9.88 Å². The van der Waals surface area contributed by atoms with E-state index >= 15 is 0 Å². The quantitative estimate of drug-likeness (QED) is 0.752. The molecule has 1 aromatic carbocycles. The number of piperidine rings is 1. The zero-order valence-corrected chi connectivity index (χ0v) is 16.5. The lowest BCUT2D eigenvalue weighted by molar-refractivity contribution is -0.151. The molecule has 0 spiro atoms. The van der Waals surface area contributed by atoms with Gasteiger partial charge in [-0.25, -0.2) is 4.98 Å². The first-order valence-corrected chi connectivity index (χ1v) is 10.2. The highest BCUT2D eigenvalue weighted by atomic mass is 32.1. The van der Waals surface area contributed by atoms with Crippen LogP contribution in [-0.4, -0.2) is 47.4 Å². The highest BCUT2D eigenvalue weighted by molar-refractivity contribution is 7.14. The zero-order valence-electron chi connectivity index (χ0n) is 15.7. The van der Waals surface area contributed by atoms with Gasteiger partial charge in [-0.15, -0.1) is 11.3 Å². The summed E-state index contributed by atoms with van der Waals surface area (Å²) in [7, 11) is 0. The molecule has 7 nitrogen and oxygen atoms in total. The largest absolute Gasteiger partial charge is 0.466 e. The second-order valence-electron chi connectivity index (χ2n) is 6.55. The van der Waals surface area contributed by atoms with E-state index in [0.717, 1.165) is 0 Å². The summed E-state index contributed by atoms with van der Waals surface area (Å²) >= 11 is 1.30. The number of nitrogens with one attached hydrogen (secondary N) is 1. The second kappa shape index (κ2) is 9.45. The molecule has 1 aliphatic heterocycles. The van der Waals surface area contributed by atoms with Crippen molar-refractivity contribution in [2.75, 3.05) is 25.0 Å². The lowest BCUT2D eigenvalue weighted by Crippen LogP contribution is -2.41. The number of hydrogen-bond acceptors (Lipinski definition) is 6. The van der Waals surface area contributed by atoms with Crippen molar-refractivity contribution in [3.63, 3.8) is 0 Å². The summed E-state index contributed by atoms with van der Waals surface area (Å²) in [6.07, 6.45) is 1.43. The standard InChI is InChI=1S/C20H23N3O4S/c1-2-27-19(26)15-8-10-23(11-9-15)17(24)12-16-13-28-20(21-16)22-18(25)14-6-4-3-5-7-14/h3-7,13,15H,2,8-12H2,1H3,(H,21,22,25). The van der Waals surface area contributed by atoms with Crippen LogP contribution in [0.25, 0.3) is 0 Å². The summed E-state index contributed by atoms with van der Waals surface area (Å²) in [6, 6.07) is 8.90. The Morgan fingerprint density at radius 2 is 1.93 bits per heavy atom. The Labute approximate surface area is 167 Å². The molecule has 3 rings (SSSR count). The lowest BCUT2D eigenvalue weighted by atomic mass is 9.97. The molecule has 1 saturated heterocycles. The van der Waals surface area contributed by atoms with Crippen LogP contribution in [0.3, 0.4) is 0 Å². The van der Waals surface area contributed by atoms with Crippen molar-refractivity contribution in [3.8, 4) is 0 Å². The fourth-order valence-corrected chi connectivity index (χ4v) is 3.80. The number of benzene rings is 1. The molecule has 1 aromatic heterocycles. The van der Waals surface area contributed by atoms with Crippen LogP contribution in [0.1, 0.15) is 35.8 Å². The molecule has 1 N–H and O–H groups in total. The lowest BCUT2D eigenvalue weighted by Gasteiger charge is -2.30. The van der Waals surface area contributed by atoms with E-state index in [4.69, 9.17) is 4.74 Å². The van der Waals surface area contributed by atoms with E-state index in [9.17, 15) is 14.4 Å². The molecule has 1 fully saturated rings. The van der Waals surface area contributed by atoms with Crippen LogP contribution in [0.4, 0.5) is 5.13 Å². The average Bonchev–Trinajstić information content (AvgIpc) is 3.15. The van der Waals surface area contributed by atoms with Gasteiger partial charge in [-0.2, -0.15) is 0 Å². The Balaban J connectivity index is 1.49. The van der Waals surface area contributed by atoms with Crippen molar-refractivity contribution in [1.29, 1.82) is 0 Å². The molecule has 0 bridgehead atoms. The van der Waals surface area contributed by atoms with Gasteiger partial charge in [0.25, 0.3) is 5.91 Å². The molecule has 148 valence electrons. The van der Waals surface area contributed by atoms with E-state index in [1.807, 2.05) is 6.07 Å². The summed E-state index contributed by atoms with van der Waals surface area (Å²) < 4.78 is 5.05. The van der Waals surface area contributed by atoms with E-state index in [0.29, 0.717) is 48.9 Å². The van der Waals surface area contributed by atoms with Crippen molar-refractivity contribution < 1.29 is 19.1 Å². The number of thiazole rings is 1. The first-order valence-electron chi connectivity index (χ1n) is 9.32. The van der Waals surface area contributed by atoms with Crippen LogP contribution in [0.15, 0.2) is 35.7 Å². The predicted octanol–water partition coefficient (Wildman–Crippen LogP) is 2.74. The number of likely N-dealkylation sites (tertiary alicyclic amines) is 1. The molecule has 2 heterocycles. The van der Waals surface area contributed by atoms with Crippen LogP contribution in [0, 0.1) is 5.92 Å². The molecular weight excluding hydrogens is 378 g/mol. The van der Waals surface area contributed by atoms with E-state index in [1.165, 1.54) is 11.3 Å². The molecule has 28 heavy (non-hydrogen) atoms. The fraction of sp³-hybridized carbons (Fsp3) is 0.400. The minimum absolute atomic E-state index is 0.0199. The Morgan fingerprint density at radius 3 is 2.61 bits per heavy atom. The number of carbonyl (C=O) groups excluding carboxylic acids is 3. The Bertz CT molecular complexity index is 829. The topological polar surface area (TPSA) is 88.6 Å². The van der Waals surface area contributed by atoms with Gasteiger partial charge in [0.1, 0.15) is 0 Å². The first kappa shape index (κ1) is 20.0. The molecule has 0 atom stereocenters. The van der Waals surface area contributed by atoms with Gasteiger partial charge in [-0.1, -0.05) is 18.2 Å². The van der Waals surface area contributed by atoms with Gasteiger partial charge in [-0.3, -0.25) is 19.7 Å². The maximum atomic E-state index is 12.5. The molecule has 0 radical (unpaired) electrons. The molecular formula is C20H23N3O4S. The van der Waals surface area contributed by atoms with Gasteiger partial charge in [0.05, 0.1) is 24.6 Å². The van der Waals surface area contributed by atoms with Crippen molar-refractivity contribution >= 4 is 34.3 Å². The van der Waals surface area contributed by atoms with Crippen LogP contribution >= 0.6 is 11.3 Å². The van der Waals surface area contributed by atoms with Gasteiger partial charge in [0, 0.05) is 24.0 Å². The van der Waals surface area contributed by atoms with E-state index in [2.05, 4.69) is 10.3 Å². The van der Waals surface area contributed by atoms with Crippen LogP contribution in [-0.2, 0) is 20.7 Å². The van der Waals surface area contributed by atoms with Gasteiger partial charge < -0.3 is 9.64 Å². The average molecular weight is 401 g/mol. The molecule has 1 aliphatic rings. The number of hydrogen-bond donors (Lipinski definition) is 1. The molecule has 0 saturated carbocycles. The zero-order chi connectivity index (χ0) is 19.9. The third-order valence-electron chi connectivity index (χ3n) is 4.61. The Hall–Kier alpha value is -2.74. The van der Waals surface area contributed by atoms with Gasteiger partial charge in [0.15, 0.2) is 5.13 Å². The monoisotopic (exact) mass is 401 g/mol. The summed E-state index contributed by atoms with van der Waals surface area (Å²) in [4.78, 5) is 42.6.